The van der Waals surface area contributed by atoms with Crippen molar-refractivity contribution in [1.29, 1.82) is 0 Å². The van der Waals surface area contributed by atoms with E-state index in [4.69, 9.17) is 5.73 Å². The Labute approximate surface area is 86.6 Å². The summed E-state index contributed by atoms with van der Waals surface area (Å²) in [6.45, 7) is 0. The monoisotopic (exact) mass is 209 g/mol. The predicted octanol–water partition coefficient (Wildman–Crippen LogP) is 1.01. The second-order valence-electron chi connectivity index (χ2n) is 2.46. The summed E-state index contributed by atoms with van der Waals surface area (Å²) in [5, 5.41) is 4.00. The van der Waals surface area contributed by atoms with Crippen molar-refractivity contribution in [3.05, 3.63) is 35.9 Å². The lowest BCUT2D eigenvalue weighted by atomic mass is 10.2. The molecule has 1 amide bonds. The smallest absolute Gasteiger partial charge is 0.271 e. The largest absolute Gasteiger partial charge is 0.377 e. The van der Waals surface area contributed by atoms with Crippen LogP contribution < -0.4 is 11.2 Å². The predicted molar refractivity (Wildman–Crippen MR) is 59.0 cm³/mol. The molecule has 1 aromatic rings. The molecule has 0 aliphatic carbocycles. The summed E-state index contributed by atoms with van der Waals surface area (Å²) in [4.78, 5) is 11.4. The lowest BCUT2D eigenvalue weighted by molar-refractivity contribution is 0.0955. The third kappa shape index (κ3) is 3.10. The van der Waals surface area contributed by atoms with Gasteiger partial charge in [0.2, 0.25) is 0 Å². The molecule has 0 bridgehead atoms. The van der Waals surface area contributed by atoms with Crippen molar-refractivity contribution in [1.82, 2.24) is 5.43 Å². The zero-order chi connectivity index (χ0) is 10.4. The molecule has 0 fully saturated rings. The normalized spacial score (nSPS) is 11.1. The summed E-state index contributed by atoms with van der Waals surface area (Å²) in [6, 6.07) is 8.84. The number of nitrogens with two attached hydrogens (primary N) is 1. The molecule has 4 nitrogen and oxygen atoms in total. The number of thioether (sulfide) groups is 1. The quantitative estimate of drug-likeness (QED) is 0.434. The van der Waals surface area contributed by atoms with Gasteiger partial charge in [-0.25, -0.2) is 5.43 Å². The molecule has 0 saturated heterocycles. The van der Waals surface area contributed by atoms with Gasteiger partial charge in [-0.05, 0) is 18.4 Å². The summed E-state index contributed by atoms with van der Waals surface area (Å²) in [5.74, 6) is -0.261. The minimum atomic E-state index is -0.261. The van der Waals surface area contributed by atoms with E-state index in [9.17, 15) is 4.79 Å². The molecule has 3 N–H and O–H groups in total. The number of carbonyl (C=O) groups is 1. The van der Waals surface area contributed by atoms with Crippen LogP contribution in [-0.4, -0.2) is 17.3 Å². The molecule has 0 heterocycles. The van der Waals surface area contributed by atoms with Gasteiger partial charge in [0.15, 0.2) is 5.17 Å². The highest BCUT2D eigenvalue weighted by Gasteiger charge is 2.01. The van der Waals surface area contributed by atoms with Crippen LogP contribution in [0.2, 0.25) is 0 Å². The number of rotatable bonds is 2. The minimum absolute atomic E-state index is 0.261. The van der Waals surface area contributed by atoms with E-state index in [1.165, 1.54) is 11.8 Å². The van der Waals surface area contributed by atoms with Gasteiger partial charge in [-0.1, -0.05) is 30.0 Å². The zero-order valence-corrected chi connectivity index (χ0v) is 8.54. The second kappa shape index (κ2) is 5.29. The number of hydrazone groups is 1. The molecule has 1 rings (SSSR count). The molecule has 1 aromatic carbocycles. The Balaban J connectivity index is 2.60. The SMILES string of the molecule is CS/C(N)=N/NC(=O)c1ccccc1. The van der Waals surface area contributed by atoms with Crippen molar-refractivity contribution in [2.24, 2.45) is 10.8 Å². The molecule has 0 spiro atoms. The van der Waals surface area contributed by atoms with Crippen LogP contribution in [0, 0.1) is 0 Å². The van der Waals surface area contributed by atoms with E-state index in [1.54, 1.807) is 30.5 Å². The fourth-order valence-corrected chi connectivity index (χ4v) is 0.943. The van der Waals surface area contributed by atoms with Crippen LogP contribution in [0.25, 0.3) is 0 Å². The molecular weight excluding hydrogens is 198 g/mol. The van der Waals surface area contributed by atoms with Crippen LogP contribution in [-0.2, 0) is 0 Å². The lowest BCUT2D eigenvalue weighted by Gasteiger charge is -1.99. The molecule has 0 radical (unpaired) electrons. The second-order valence-corrected chi connectivity index (χ2v) is 3.29. The number of hydrogen-bond acceptors (Lipinski definition) is 3. The molecule has 0 aliphatic rings. The van der Waals surface area contributed by atoms with Crippen LogP contribution in [0.15, 0.2) is 35.4 Å². The Kier molecular flexibility index (Phi) is 4.00. The maximum absolute atomic E-state index is 11.4. The fraction of sp³-hybridized carbons (Fsp3) is 0.111. The van der Waals surface area contributed by atoms with Gasteiger partial charge in [0.25, 0.3) is 5.91 Å². The maximum Gasteiger partial charge on any atom is 0.271 e. The topological polar surface area (TPSA) is 67.5 Å². The number of amides is 1. The molecule has 0 saturated carbocycles. The third-order valence-corrected chi connectivity index (χ3v) is 2.02. The first-order valence-corrected chi connectivity index (χ1v) is 5.19. The number of amidine groups is 1. The van der Waals surface area contributed by atoms with E-state index >= 15 is 0 Å². The van der Waals surface area contributed by atoms with Crippen molar-refractivity contribution < 1.29 is 4.79 Å². The van der Waals surface area contributed by atoms with E-state index in [-0.39, 0.29) is 5.91 Å². The zero-order valence-electron chi connectivity index (χ0n) is 7.73. The van der Waals surface area contributed by atoms with Crippen molar-refractivity contribution in [3.8, 4) is 0 Å². The van der Waals surface area contributed by atoms with Crippen molar-refractivity contribution in [2.45, 2.75) is 0 Å². The Morgan fingerprint density at radius 2 is 2.07 bits per heavy atom. The van der Waals surface area contributed by atoms with Gasteiger partial charge in [0.05, 0.1) is 0 Å². The Morgan fingerprint density at radius 3 is 2.64 bits per heavy atom. The fourth-order valence-electron chi connectivity index (χ4n) is 0.806. The van der Waals surface area contributed by atoms with E-state index in [0.29, 0.717) is 10.7 Å². The highest BCUT2D eigenvalue weighted by molar-refractivity contribution is 8.13. The summed E-state index contributed by atoms with van der Waals surface area (Å²) in [5.41, 5.74) is 8.31. The van der Waals surface area contributed by atoms with Crippen LogP contribution in [0.1, 0.15) is 10.4 Å². The number of hydrogen-bond donors (Lipinski definition) is 2. The first-order valence-electron chi connectivity index (χ1n) is 3.96. The Bertz CT molecular complexity index is 337. The summed E-state index contributed by atoms with van der Waals surface area (Å²) >= 11 is 1.28. The number of nitrogens with zero attached hydrogens (tertiary/aromatic N) is 1. The first kappa shape index (κ1) is 10.6. The van der Waals surface area contributed by atoms with Crippen molar-refractivity contribution >= 4 is 22.8 Å². The standard InChI is InChI=1S/C9H11N3OS/c1-14-9(10)12-11-8(13)7-5-3-2-4-6-7/h2-6H,1H3,(H2,10,12)(H,11,13). The van der Waals surface area contributed by atoms with Gasteiger partial charge in [0.1, 0.15) is 0 Å². The first-order chi connectivity index (χ1) is 6.74. The molecule has 74 valence electrons. The molecule has 0 aromatic heterocycles. The highest BCUT2D eigenvalue weighted by atomic mass is 32.2. The van der Waals surface area contributed by atoms with Gasteiger partial charge in [-0.3, -0.25) is 4.79 Å². The molecule has 14 heavy (non-hydrogen) atoms. The molecule has 5 heteroatoms. The Morgan fingerprint density at radius 1 is 1.43 bits per heavy atom. The number of benzene rings is 1. The number of nitrogens with one attached hydrogen (secondary N) is 1. The van der Waals surface area contributed by atoms with E-state index in [2.05, 4.69) is 10.5 Å². The average Bonchev–Trinajstić information content (AvgIpc) is 2.26. The van der Waals surface area contributed by atoms with Crippen molar-refractivity contribution in [2.75, 3.05) is 6.26 Å². The van der Waals surface area contributed by atoms with Gasteiger partial charge in [-0.15, -0.1) is 5.10 Å². The number of carbonyl (C=O) groups excluding carboxylic acids is 1. The van der Waals surface area contributed by atoms with E-state index in [1.807, 2.05) is 6.07 Å². The maximum atomic E-state index is 11.4. The van der Waals surface area contributed by atoms with Crippen LogP contribution in [0.3, 0.4) is 0 Å². The van der Waals surface area contributed by atoms with Crippen LogP contribution >= 0.6 is 11.8 Å². The van der Waals surface area contributed by atoms with Crippen molar-refractivity contribution in [3.63, 3.8) is 0 Å². The highest BCUT2D eigenvalue weighted by Crippen LogP contribution is 1.98. The molecular formula is C9H11N3OS. The molecule has 0 atom stereocenters. The third-order valence-electron chi connectivity index (χ3n) is 1.51. The Hall–Kier alpha value is -1.49. The molecule has 0 unspecified atom stereocenters. The summed E-state index contributed by atoms with van der Waals surface area (Å²) < 4.78 is 0. The van der Waals surface area contributed by atoms with E-state index < -0.39 is 0 Å². The molecule has 0 aliphatic heterocycles. The van der Waals surface area contributed by atoms with Gasteiger partial charge >= 0.3 is 0 Å². The van der Waals surface area contributed by atoms with Crippen LogP contribution in [0.5, 0.6) is 0 Å². The van der Waals surface area contributed by atoms with Crippen LogP contribution in [0.4, 0.5) is 0 Å². The van der Waals surface area contributed by atoms with Gasteiger partial charge < -0.3 is 5.73 Å². The summed E-state index contributed by atoms with van der Waals surface area (Å²) in [7, 11) is 0. The lowest BCUT2D eigenvalue weighted by Crippen LogP contribution is -2.21. The summed E-state index contributed by atoms with van der Waals surface area (Å²) in [6.07, 6.45) is 1.79. The van der Waals surface area contributed by atoms with Gasteiger partial charge in [0, 0.05) is 5.56 Å². The van der Waals surface area contributed by atoms with Gasteiger partial charge in [-0.2, -0.15) is 0 Å². The minimum Gasteiger partial charge on any atom is -0.377 e. The van der Waals surface area contributed by atoms with E-state index in [0.717, 1.165) is 0 Å². The average molecular weight is 209 g/mol.